The molecule has 0 saturated heterocycles. The maximum atomic E-state index is 13.2. The minimum absolute atomic E-state index is 0.125. The molecule has 35 heavy (non-hydrogen) atoms. The standard InChI is InChI=1S/C22H18ClF3N4O4S/c1-29-19(32)17(20(33)30(2)21(29)34)18(27-13-9-7-12(23)8-10-13)35-11-16(31)28-15-6-4-3-5-14(15)22(24,25)26/h3-10,32H,11H2,1-2H3,(H,28,31). The zero-order chi connectivity index (χ0) is 25.9. The van der Waals surface area contributed by atoms with Gasteiger partial charge in [0.25, 0.3) is 5.56 Å². The van der Waals surface area contributed by atoms with E-state index in [0.29, 0.717) is 22.5 Å². The molecule has 0 spiro atoms. The van der Waals surface area contributed by atoms with Gasteiger partial charge in [0, 0.05) is 19.1 Å². The van der Waals surface area contributed by atoms with E-state index < -0.39 is 46.2 Å². The average Bonchev–Trinajstić information content (AvgIpc) is 2.81. The number of aromatic nitrogens is 2. The molecule has 0 bridgehead atoms. The highest BCUT2D eigenvalue weighted by Gasteiger charge is 2.33. The normalized spacial score (nSPS) is 12.0. The van der Waals surface area contributed by atoms with E-state index in [9.17, 15) is 32.7 Å². The molecule has 0 radical (unpaired) electrons. The molecule has 8 nitrogen and oxygen atoms in total. The van der Waals surface area contributed by atoms with Crippen LogP contribution in [-0.4, -0.2) is 30.9 Å². The number of nitrogens with one attached hydrogen (secondary N) is 1. The van der Waals surface area contributed by atoms with Crippen LogP contribution in [0.2, 0.25) is 5.02 Å². The van der Waals surface area contributed by atoms with Gasteiger partial charge in [0.1, 0.15) is 10.6 Å². The van der Waals surface area contributed by atoms with Crippen molar-refractivity contribution in [2.75, 3.05) is 11.1 Å². The highest BCUT2D eigenvalue weighted by molar-refractivity contribution is 8.15. The average molecular weight is 527 g/mol. The zero-order valence-corrected chi connectivity index (χ0v) is 19.8. The lowest BCUT2D eigenvalue weighted by Gasteiger charge is -2.14. The molecule has 0 aliphatic carbocycles. The zero-order valence-electron chi connectivity index (χ0n) is 18.3. The molecule has 0 saturated carbocycles. The van der Waals surface area contributed by atoms with Gasteiger partial charge >= 0.3 is 11.9 Å². The number of carbonyl (C=O) groups is 1. The van der Waals surface area contributed by atoms with Gasteiger partial charge in [-0.05, 0) is 36.4 Å². The predicted molar refractivity (Wildman–Crippen MR) is 129 cm³/mol. The van der Waals surface area contributed by atoms with E-state index in [1.54, 1.807) is 0 Å². The first-order valence-corrected chi connectivity index (χ1v) is 11.2. The van der Waals surface area contributed by atoms with Crippen LogP contribution in [0.5, 0.6) is 5.88 Å². The van der Waals surface area contributed by atoms with Crippen molar-refractivity contribution in [3.05, 3.63) is 85.5 Å². The summed E-state index contributed by atoms with van der Waals surface area (Å²) in [4.78, 5) is 41.7. The summed E-state index contributed by atoms with van der Waals surface area (Å²) in [6.45, 7) is 0. The third kappa shape index (κ3) is 5.95. The Kier molecular flexibility index (Phi) is 7.76. The van der Waals surface area contributed by atoms with E-state index in [1.807, 2.05) is 0 Å². The van der Waals surface area contributed by atoms with Crippen molar-refractivity contribution in [2.45, 2.75) is 6.18 Å². The maximum absolute atomic E-state index is 13.2. The van der Waals surface area contributed by atoms with Crippen molar-refractivity contribution in [3.8, 4) is 5.88 Å². The summed E-state index contributed by atoms with van der Waals surface area (Å²) in [7, 11) is 2.45. The summed E-state index contributed by atoms with van der Waals surface area (Å²) in [5.41, 5.74) is -3.13. The minimum atomic E-state index is -4.68. The lowest BCUT2D eigenvalue weighted by atomic mass is 10.1. The molecule has 1 aromatic heterocycles. The van der Waals surface area contributed by atoms with Gasteiger partial charge in [-0.1, -0.05) is 35.5 Å². The molecular formula is C22H18ClF3N4O4S. The third-order valence-corrected chi connectivity index (χ3v) is 5.98. The van der Waals surface area contributed by atoms with Crippen molar-refractivity contribution in [1.82, 2.24) is 9.13 Å². The van der Waals surface area contributed by atoms with Gasteiger partial charge in [-0.25, -0.2) is 9.79 Å². The van der Waals surface area contributed by atoms with Crippen molar-refractivity contribution in [3.63, 3.8) is 0 Å². The first kappa shape index (κ1) is 26.1. The topological polar surface area (TPSA) is 106 Å². The van der Waals surface area contributed by atoms with E-state index in [4.69, 9.17) is 11.6 Å². The van der Waals surface area contributed by atoms with Crippen LogP contribution < -0.4 is 16.6 Å². The first-order chi connectivity index (χ1) is 16.4. The van der Waals surface area contributed by atoms with Gasteiger partial charge in [0.05, 0.1) is 22.7 Å². The van der Waals surface area contributed by atoms with Crippen LogP contribution in [0, 0.1) is 0 Å². The SMILES string of the molecule is Cn1c(O)c(C(=Nc2ccc(Cl)cc2)SCC(=O)Nc2ccccc2C(F)(F)F)c(=O)n(C)c1=O. The van der Waals surface area contributed by atoms with Crippen molar-refractivity contribution in [1.29, 1.82) is 0 Å². The van der Waals surface area contributed by atoms with Gasteiger partial charge in [-0.15, -0.1) is 0 Å². The quantitative estimate of drug-likeness (QED) is 0.387. The van der Waals surface area contributed by atoms with E-state index >= 15 is 0 Å². The number of alkyl halides is 3. The van der Waals surface area contributed by atoms with Gasteiger partial charge in [-0.3, -0.25) is 18.7 Å². The Morgan fingerprint density at radius 1 is 1.09 bits per heavy atom. The number of aliphatic imine (C=N–C) groups is 1. The Bertz CT molecular complexity index is 1420. The Balaban J connectivity index is 1.98. The van der Waals surface area contributed by atoms with E-state index in [-0.39, 0.29) is 10.6 Å². The summed E-state index contributed by atoms with van der Waals surface area (Å²) in [5, 5.41) is 13.0. The smallest absolute Gasteiger partial charge is 0.418 e. The van der Waals surface area contributed by atoms with Crippen LogP contribution in [0.1, 0.15) is 11.1 Å². The second-order valence-corrected chi connectivity index (χ2v) is 8.58. The molecule has 0 unspecified atom stereocenters. The number of thioether (sulfide) groups is 1. The molecular weight excluding hydrogens is 509 g/mol. The number of anilines is 1. The summed E-state index contributed by atoms with van der Waals surface area (Å²) < 4.78 is 41.3. The Hall–Kier alpha value is -3.51. The number of amides is 1. The molecule has 1 amide bonds. The fourth-order valence-electron chi connectivity index (χ4n) is 2.97. The number of benzene rings is 2. The van der Waals surface area contributed by atoms with Crippen molar-refractivity contribution in [2.24, 2.45) is 19.1 Å². The molecule has 0 atom stereocenters. The molecule has 0 fully saturated rings. The van der Waals surface area contributed by atoms with E-state index in [0.717, 1.165) is 21.3 Å². The minimum Gasteiger partial charge on any atom is -0.494 e. The van der Waals surface area contributed by atoms with Gasteiger partial charge in [0.2, 0.25) is 11.8 Å². The highest BCUT2D eigenvalue weighted by atomic mass is 35.5. The highest BCUT2D eigenvalue weighted by Crippen LogP contribution is 2.34. The fraction of sp³-hybridized carbons (Fsp3) is 0.182. The number of aromatic hydroxyl groups is 1. The summed E-state index contributed by atoms with van der Waals surface area (Å²) >= 11 is 6.58. The molecule has 3 aromatic rings. The summed E-state index contributed by atoms with van der Waals surface area (Å²) in [6.07, 6.45) is -4.68. The number of rotatable bonds is 5. The Morgan fingerprint density at radius 2 is 1.71 bits per heavy atom. The number of hydrogen-bond acceptors (Lipinski definition) is 6. The molecule has 184 valence electrons. The van der Waals surface area contributed by atoms with Crippen LogP contribution in [0.25, 0.3) is 0 Å². The Labute approximate surface area is 205 Å². The molecule has 2 aromatic carbocycles. The van der Waals surface area contributed by atoms with Gasteiger partial charge < -0.3 is 10.4 Å². The lowest BCUT2D eigenvalue weighted by Crippen LogP contribution is -2.39. The van der Waals surface area contributed by atoms with Gasteiger partial charge in [0.15, 0.2) is 0 Å². The van der Waals surface area contributed by atoms with Crippen LogP contribution in [-0.2, 0) is 25.1 Å². The maximum Gasteiger partial charge on any atom is 0.418 e. The monoisotopic (exact) mass is 526 g/mol. The Morgan fingerprint density at radius 3 is 2.34 bits per heavy atom. The number of halogens is 4. The lowest BCUT2D eigenvalue weighted by molar-refractivity contribution is -0.137. The third-order valence-electron chi connectivity index (χ3n) is 4.75. The second kappa shape index (κ2) is 10.4. The molecule has 1 heterocycles. The van der Waals surface area contributed by atoms with E-state index in [2.05, 4.69) is 10.3 Å². The predicted octanol–water partition coefficient (Wildman–Crippen LogP) is 3.91. The number of carbonyl (C=O) groups excluding carboxylic acids is 1. The second-order valence-electron chi connectivity index (χ2n) is 7.18. The van der Waals surface area contributed by atoms with Crippen LogP contribution in [0.4, 0.5) is 24.5 Å². The first-order valence-electron chi connectivity index (χ1n) is 9.82. The van der Waals surface area contributed by atoms with Gasteiger partial charge in [-0.2, -0.15) is 13.2 Å². The van der Waals surface area contributed by atoms with Crippen molar-refractivity contribution >= 4 is 45.7 Å². The van der Waals surface area contributed by atoms with Crippen molar-refractivity contribution < 1.29 is 23.1 Å². The van der Waals surface area contributed by atoms with Crippen LogP contribution in [0.3, 0.4) is 0 Å². The molecule has 2 N–H and O–H groups in total. The molecule has 0 aliphatic heterocycles. The summed E-state index contributed by atoms with van der Waals surface area (Å²) in [5.74, 6) is -1.94. The summed E-state index contributed by atoms with van der Waals surface area (Å²) in [6, 6.07) is 10.6. The molecule has 3 rings (SSSR count). The van der Waals surface area contributed by atoms with Crippen LogP contribution in [0.15, 0.2) is 63.1 Å². The number of hydrogen-bond donors (Lipinski definition) is 2. The molecule has 0 aliphatic rings. The molecule has 13 heteroatoms. The number of nitrogens with zero attached hydrogens (tertiary/aromatic N) is 3. The fourth-order valence-corrected chi connectivity index (χ4v) is 3.93. The number of para-hydroxylation sites is 1. The van der Waals surface area contributed by atoms with E-state index in [1.165, 1.54) is 50.5 Å². The van der Waals surface area contributed by atoms with Crippen LogP contribution >= 0.6 is 23.4 Å². The largest absolute Gasteiger partial charge is 0.494 e.